The van der Waals surface area contributed by atoms with Gasteiger partial charge in [-0.1, -0.05) is 28.9 Å². The van der Waals surface area contributed by atoms with Gasteiger partial charge in [-0.3, -0.25) is 0 Å². The van der Waals surface area contributed by atoms with Crippen molar-refractivity contribution < 1.29 is 8.78 Å². The number of rotatable bonds is 5. The van der Waals surface area contributed by atoms with Crippen LogP contribution in [0.4, 0.5) is 8.78 Å². The van der Waals surface area contributed by atoms with Crippen LogP contribution in [0.3, 0.4) is 0 Å². The zero-order valence-corrected chi connectivity index (χ0v) is 15.2. The molecule has 0 aromatic heterocycles. The van der Waals surface area contributed by atoms with Gasteiger partial charge in [0.15, 0.2) is 11.6 Å². The fraction of sp³-hybridized carbons (Fsp3) is 0.250. The molecule has 0 heterocycles. The lowest BCUT2D eigenvalue weighted by Crippen LogP contribution is -2.24. The minimum atomic E-state index is -0.824. The molecule has 0 spiro atoms. The molecule has 5 heteroatoms. The van der Waals surface area contributed by atoms with E-state index in [1.165, 1.54) is 12.1 Å². The van der Waals surface area contributed by atoms with E-state index in [4.69, 9.17) is 0 Å². The normalized spacial score (nSPS) is 12.4. The molecule has 112 valence electrons. The predicted molar refractivity (Wildman–Crippen MR) is 93.4 cm³/mol. The Balaban J connectivity index is 2.46. The van der Waals surface area contributed by atoms with E-state index in [0.717, 1.165) is 26.6 Å². The van der Waals surface area contributed by atoms with Gasteiger partial charge in [0.2, 0.25) is 0 Å². The highest BCUT2D eigenvalue weighted by molar-refractivity contribution is 14.1. The zero-order chi connectivity index (χ0) is 15.4. The summed E-state index contributed by atoms with van der Waals surface area (Å²) in [5, 5.41) is 3.39. The molecule has 0 fully saturated rings. The monoisotopic (exact) mass is 465 g/mol. The van der Waals surface area contributed by atoms with Crippen LogP contribution in [0.2, 0.25) is 0 Å². The van der Waals surface area contributed by atoms with Crippen molar-refractivity contribution in [2.45, 2.75) is 19.4 Å². The molecule has 0 aliphatic carbocycles. The van der Waals surface area contributed by atoms with Crippen molar-refractivity contribution in [2.75, 3.05) is 6.54 Å². The molecule has 2 aromatic carbocycles. The minimum absolute atomic E-state index is 0.177. The fourth-order valence-electron chi connectivity index (χ4n) is 2.12. The Morgan fingerprint density at radius 1 is 1.14 bits per heavy atom. The van der Waals surface area contributed by atoms with E-state index in [1.807, 2.05) is 18.2 Å². The highest BCUT2D eigenvalue weighted by Crippen LogP contribution is 2.30. The van der Waals surface area contributed by atoms with Crippen LogP contribution in [0.15, 0.2) is 40.9 Å². The van der Waals surface area contributed by atoms with Gasteiger partial charge >= 0.3 is 0 Å². The smallest absolute Gasteiger partial charge is 0.159 e. The summed E-state index contributed by atoms with van der Waals surface area (Å²) in [7, 11) is 0. The van der Waals surface area contributed by atoms with Crippen LogP contribution in [0, 0.1) is 15.2 Å². The molecule has 0 bridgehead atoms. The van der Waals surface area contributed by atoms with Crippen molar-refractivity contribution in [2.24, 2.45) is 0 Å². The lowest BCUT2D eigenvalue weighted by molar-refractivity contribution is 0.503. The first kappa shape index (κ1) is 16.8. The third-order valence-corrected chi connectivity index (χ3v) is 4.54. The van der Waals surface area contributed by atoms with Crippen molar-refractivity contribution in [3.8, 4) is 0 Å². The van der Waals surface area contributed by atoms with Crippen molar-refractivity contribution in [1.29, 1.82) is 0 Å². The molecule has 21 heavy (non-hydrogen) atoms. The second kappa shape index (κ2) is 7.65. The quantitative estimate of drug-likeness (QED) is 0.581. The van der Waals surface area contributed by atoms with E-state index in [0.29, 0.717) is 5.56 Å². The Morgan fingerprint density at radius 2 is 1.90 bits per heavy atom. The molecule has 2 aromatic rings. The molecule has 1 N–H and O–H groups in total. The second-order valence-electron chi connectivity index (χ2n) is 4.73. The maximum Gasteiger partial charge on any atom is 0.159 e. The summed E-state index contributed by atoms with van der Waals surface area (Å²) in [6.07, 6.45) is 0.960. The van der Waals surface area contributed by atoms with Gasteiger partial charge in [0.1, 0.15) is 0 Å². The van der Waals surface area contributed by atoms with Gasteiger partial charge in [-0.2, -0.15) is 0 Å². The van der Waals surface area contributed by atoms with Gasteiger partial charge in [-0.05, 0) is 77.0 Å². The average molecular weight is 466 g/mol. The maximum absolute atomic E-state index is 13.5. The van der Waals surface area contributed by atoms with Crippen LogP contribution in [-0.2, 0) is 0 Å². The lowest BCUT2D eigenvalue weighted by atomic mass is 9.98. The van der Waals surface area contributed by atoms with Crippen molar-refractivity contribution in [3.05, 3.63) is 67.2 Å². The van der Waals surface area contributed by atoms with E-state index in [2.05, 4.69) is 50.8 Å². The second-order valence-corrected chi connectivity index (χ2v) is 6.83. The summed E-state index contributed by atoms with van der Waals surface area (Å²) in [4.78, 5) is 0. The van der Waals surface area contributed by atoms with Crippen molar-refractivity contribution >= 4 is 38.5 Å². The molecule has 0 saturated carbocycles. The van der Waals surface area contributed by atoms with Gasteiger partial charge in [0.05, 0.1) is 6.04 Å². The van der Waals surface area contributed by atoms with Gasteiger partial charge in [0.25, 0.3) is 0 Å². The van der Waals surface area contributed by atoms with E-state index < -0.39 is 11.6 Å². The molecular formula is C16H15BrF2IN. The largest absolute Gasteiger partial charge is 0.306 e. The summed E-state index contributed by atoms with van der Waals surface area (Å²) in [6.45, 7) is 2.86. The third-order valence-electron chi connectivity index (χ3n) is 3.14. The molecule has 1 atom stereocenters. The van der Waals surface area contributed by atoms with Gasteiger partial charge in [-0.25, -0.2) is 8.78 Å². The molecule has 0 aliphatic heterocycles. The number of nitrogens with one attached hydrogen (secondary N) is 1. The molecule has 0 radical (unpaired) electrons. The highest BCUT2D eigenvalue weighted by Gasteiger charge is 2.18. The Labute approximate surface area is 145 Å². The number of halogens is 4. The molecule has 1 unspecified atom stereocenters. The minimum Gasteiger partial charge on any atom is -0.306 e. The van der Waals surface area contributed by atoms with Crippen molar-refractivity contribution in [1.82, 2.24) is 5.32 Å². The molecular weight excluding hydrogens is 451 g/mol. The molecule has 1 nitrogen and oxygen atoms in total. The standard InChI is InChI=1S/C16H15BrF2IN/c1-2-7-21-16(10-3-6-14(18)15(19)8-10)12-9-11(20)4-5-13(12)17/h3-6,8-9,16,21H,2,7H2,1H3. The molecule has 2 rings (SSSR count). The maximum atomic E-state index is 13.5. The fourth-order valence-corrected chi connectivity index (χ4v) is 3.11. The summed E-state index contributed by atoms with van der Waals surface area (Å²) in [5.41, 5.74) is 1.73. The van der Waals surface area contributed by atoms with Crippen LogP contribution < -0.4 is 5.32 Å². The van der Waals surface area contributed by atoms with Gasteiger partial charge < -0.3 is 5.32 Å². The Bertz CT molecular complexity index is 634. The van der Waals surface area contributed by atoms with Crippen molar-refractivity contribution in [3.63, 3.8) is 0 Å². The summed E-state index contributed by atoms with van der Waals surface area (Å²) < 4.78 is 28.7. The first-order chi connectivity index (χ1) is 10.0. The first-order valence-corrected chi connectivity index (χ1v) is 8.53. The SMILES string of the molecule is CCCNC(c1ccc(F)c(F)c1)c1cc(I)ccc1Br. The predicted octanol–water partition coefficient (Wildman–Crippen LogP) is 5.42. The number of hydrogen-bond donors (Lipinski definition) is 1. The van der Waals surface area contributed by atoms with Crippen LogP contribution in [0.5, 0.6) is 0 Å². The molecule has 0 saturated heterocycles. The van der Waals surface area contributed by atoms with Gasteiger partial charge in [-0.15, -0.1) is 0 Å². The van der Waals surface area contributed by atoms with E-state index in [9.17, 15) is 8.78 Å². The summed E-state index contributed by atoms with van der Waals surface area (Å²) in [5.74, 6) is -1.65. The number of benzene rings is 2. The van der Waals surface area contributed by atoms with Crippen LogP contribution in [-0.4, -0.2) is 6.54 Å². The Kier molecular flexibility index (Phi) is 6.13. The van der Waals surface area contributed by atoms with Gasteiger partial charge in [0, 0.05) is 8.04 Å². The Morgan fingerprint density at radius 3 is 2.57 bits per heavy atom. The zero-order valence-electron chi connectivity index (χ0n) is 11.5. The lowest BCUT2D eigenvalue weighted by Gasteiger charge is -2.21. The Hall–Kier alpha value is -0.530. The average Bonchev–Trinajstić information content (AvgIpc) is 2.46. The van der Waals surface area contributed by atoms with Crippen LogP contribution in [0.25, 0.3) is 0 Å². The number of hydrogen-bond acceptors (Lipinski definition) is 1. The molecule has 0 amide bonds. The van der Waals surface area contributed by atoms with Crippen LogP contribution >= 0.6 is 38.5 Å². The van der Waals surface area contributed by atoms with E-state index in [-0.39, 0.29) is 6.04 Å². The van der Waals surface area contributed by atoms with E-state index >= 15 is 0 Å². The topological polar surface area (TPSA) is 12.0 Å². The van der Waals surface area contributed by atoms with Crippen LogP contribution in [0.1, 0.15) is 30.5 Å². The van der Waals surface area contributed by atoms with E-state index in [1.54, 1.807) is 6.07 Å². The first-order valence-electron chi connectivity index (χ1n) is 6.66. The summed E-state index contributed by atoms with van der Waals surface area (Å²) >= 11 is 5.78. The molecule has 0 aliphatic rings. The third kappa shape index (κ3) is 4.23. The summed E-state index contributed by atoms with van der Waals surface area (Å²) in [6, 6.07) is 9.89. The highest BCUT2D eigenvalue weighted by atomic mass is 127.